The fourth-order valence-corrected chi connectivity index (χ4v) is 14.2. The fraction of sp³-hybridized carbons (Fsp3) is 0.579. The SMILES string of the molecule is CC1CC(c2ccc3nc(C4CCCN4C(=O)[C@@H](OC(N)=O)C4CCCCC4)[nH]c3c2)N(c2cc(F)c(N3CCCCC3)c(F)c2)[C@@]1(C)c1ccc2nc(C3CCCN3C(=O)[C@@H](OC(N)=O)C3CCCCC3)[nH]c2c1. The van der Waals surface area contributed by atoms with Crippen molar-refractivity contribution in [1.82, 2.24) is 29.7 Å². The highest BCUT2D eigenvalue weighted by atomic mass is 19.1. The average molecular weight is 1030 g/mol. The van der Waals surface area contributed by atoms with Crippen molar-refractivity contribution in [2.75, 3.05) is 36.0 Å². The Bertz CT molecular complexity index is 2920. The van der Waals surface area contributed by atoms with Gasteiger partial charge in [-0.2, -0.15) is 0 Å². The Morgan fingerprint density at radius 1 is 0.627 bits per heavy atom. The third kappa shape index (κ3) is 9.63. The molecule has 5 aromatic rings. The molecule has 4 aliphatic heterocycles. The van der Waals surface area contributed by atoms with Gasteiger partial charge < -0.3 is 50.5 Å². The van der Waals surface area contributed by atoms with Crippen LogP contribution in [0.1, 0.15) is 170 Å². The number of anilines is 2. The lowest BCUT2D eigenvalue weighted by atomic mass is 9.81. The third-order valence-electron chi connectivity index (χ3n) is 18.1. The van der Waals surface area contributed by atoms with Crippen LogP contribution in [0.25, 0.3) is 22.1 Å². The van der Waals surface area contributed by atoms with Crippen LogP contribution < -0.4 is 21.3 Å². The molecule has 11 rings (SSSR count). The molecule has 4 unspecified atom stereocenters. The van der Waals surface area contributed by atoms with Gasteiger partial charge in [-0.3, -0.25) is 9.59 Å². The van der Waals surface area contributed by atoms with Crippen LogP contribution in [0.2, 0.25) is 0 Å². The second-order valence-corrected chi connectivity index (χ2v) is 22.6. The maximum atomic E-state index is 16.7. The van der Waals surface area contributed by atoms with Gasteiger partial charge in [0.2, 0.25) is 0 Å². The molecule has 75 heavy (non-hydrogen) atoms. The number of rotatable bonds is 12. The number of hydrogen-bond acceptors (Lipinski definition) is 10. The van der Waals surface area contributed by atoms with Gasteiger partial charge >= 0.3 is 12.2 Å². The highest BCUT2D eigenvalue weighted by molar-refractivity contribution is 5.86. The molecule has 4 saturated heterocycles. The number of likely N-dealkylation sites (tertiary alicyclic amines) is 2. The van der Waals surface area contributed by atoms with E-state index in [1.165, 1.54) is 12.1 Å². The molecule has 6 aliphatic rings. The molecule has 3 aromatic carbocycles. The summed E-state index contributed by atoms with van der Waals surface area (Å²) in [7, 11) is 0. The van der Waals surface area contributed by atoms with Crippen LogP contribution in [0.4, 0.5) is 29.7 Å². The number of piperidine rings is 1. The Morgan fingerprint density at radius 3 is 1.64 bits per heavy atom. The number of imidazole rings is 2. The van der Waals surface area contributed by atoms with Crippen LogP contribution in [-0.4, -0.2) is 92.1 Å². The average Bonchev–Trinajstić information content (AvgIpc) is 4.30. The van der Waals surface area contributed by atoms with Crippen LogP contribution >= 0.6 is 0 Å². The highest BCUT2D eigenvalue weighted by Crippen LogP contribution is 2.55. The molecule has 0 spiro atoms. The Hall–Kier alpha value is -6.46. The number of nitrogens with one attached hydrogen (secondary N) is 2. The van der Waals surface area contributed by atoms with Crippen molar-refractivity contribution in [2.24, 2.45) is 29.2 Å². The predicted molar refractivity (Wildman–Crippen MR) is 280 cm³/mol. The van der Waals surface area contributed by atoms with E-state index < -0.39 is 41.6 Å². The number of benzene rings is 3. The summed E-state index contributed by atoms with van der Waals surface area (Å²) in [5.41, 5.74) is 15.5. The van der Waals surface area contributed by atoms with Crippen molar-refractivity contribution in [3.05, 3.63) is 82.9 Å². The quantitative estimate of drug-likeness (QED) is 0.0929. The summed E-state index contributed by atoms with van der Waals surface area (Å²) in [5, 5.41) is 0. The zero-order valence-corrected chi connectivity index (χ0v) is 43.3. The second kappa shape index (κ2) is 20.9. The molecule has 2 aliphatic carbocycles. The van der Waals surface area contributed by atoms with Crippen molar-refractivity contribution >= 4 is 57.4 Å². The normalized spacial score (nSPS) is 25.8. The van der Waals surface area contributed by atoms with E-state index in [4.69, 9.17) is 30.9 Å². The van der Waals surface area contributed by atoms with E-state index >= 15 is 8.78 Å². The van der Waals surface area contributed by atoms with Gasteiger partial charge in [-0.15, -0.1) is 0 Å². The number of nitrogens with zero attached hydrogens (tertiary/aromatic N) is 6. The first kappa shape index (κ1) is 50.7. The van der Waals surface area contributed by atoms with Gasteiger partial charge in [-0.1, -0.05) is 57.6 Å². The lowest BCUT2D eigenvalue weighted by Gasteiger charge is -2.43. The third-order valence-corrected chi connectivity index (χ3v) is 18.1. The number of carbonyl (C=O) groups is 4. The summed E-state index contributed by atoms with van der Waals surface area (Å²) < 4.78 is 44.5. The lowest BCUT2D eigenvalue weighted by Crippen LogP contribution is -2.46. The number of aromatic nitrogens is 4. The number of ether oxygens (including phenoxy) is 2. The number of amides is 4. The zero-order valence-electron chi connectivity index (χ0n) is 43.3. The number of halogens is 2. The van der Waals surface area contributed by atoms with Crippen molar-refractivity contribution in [1.29, 1.82) is 0 Å². The molecule has 7 atom stereocenters. The molecule has 6 heterocycles. The van der Waals surface area contributed by atoms with Gasteiger partial charge in [0, 0.05) is 43.7 Å². The number of primary amides is 2. The van der Waals surface area contributed by atoms with E-state index in [2.05, 4.69) is 46.9 Å². The molecule has 6 fully saturated rings. The molecule has 2 saturated carbocycles. The smallest absolute Gasteiger partial charge is 0.405 e. The van der Waals surface area contributed by atoms with Crippen LogP contribution in [0, 0.1) is 29.4 Å². The van der Waals surface area contributed by atoms with Gasteiger partial charge in [-0.25, -0.2) is 28.3 Å². The Kier molecular flexibility index (Phi) is 14.1. The predicted octanol–water partition coefficient (Wildman–Crippen LogP) is 10.6. The summed E-state index contributed by atoms with van der Waals surface area (Å²) in [6, 6.07) is 14.2. The topological polar surface area (TPSA) is 209 Å². The monoisotopic (exact) mass is 1030 g/mol. The molecular weight excluding hydrogens is 959 g/mol. The molecular formula is C57H72F2N10O6. The van der Waals surface area contributed by atoms with E-state index in [1.54, 1.807) is 9.80 Å². The van der Waals surface area contributed by atoms with Crippen molar-refractivity contribution in [3.8, 4) is 0 Å². The van der Waals surface area contributed by atoms with Gasteiger partial charge in [0.1, 0.15) is 17.3 Å². The second-order valence-electron chi connectivity index (χ2n) is 22.6. The Balaban J connectivity index is 0.927. The number of carbonyl (C=O) groups excluding carboxylic acids is 4. The van der Waals surface area contributed by atoms with E-state index in [-0.39, 0.29) is 53.4 Å². The van der Waals surface area contributed by atoms with E-state index in [9.17, 15) is 19.2 Å². The number of nitrogens with two attached hydrogens (primary N) is 2. The van der Waals surface area contributed by atoms with E-state index in [0.717, 1.165) is 130 Å². The first-order valence-electron chi connectivity index (χ1n) is 27.8. The van der Waals surface area contributed by atoms with E-state index in [0.29, 0.717) is 62.8 Å². The number of hydrogen-bond donors (Lipinski definition) is 4. The molecule has 18 heteroatoms. The summed E-state index contributed by atoms with van der Waals surface area (Å²) in [6.45, 7) is 6.53. The van der Waals surface area contributed by atoms with Crippen molar-refractivity contribution in [3.63, 3.8) is 0 Å². The summed E-state index contributed by atoms with van der Waals surface area (Å²) in [4.78, 5) is 77.6. The van der Waals surface area contributed by atoms with Gasteiger partial charge in [0.25, 0.3) is 11.8 Å². The first-order chi connectivity index (χ1) is 36.3. The highest BCUT2D eigenvalue weighted by Gasteiger charge is 2.51. The van der Waals surface area contributed by atoms with Gasteiger partial charge in [0.15, 0.2) is 23.8 Å². The summed E-state index contributed by atoms with van der Waals surface area (Å²) in [6.07, 6.45) is 11.8. The van der Waals surface area contributed by atoms with Crippen LogP contribution in [0.3, 0.4) is 0 Å². The van der Waals surface area contributed by atoms with Crippen molar-refractivity contribution < 1.29 is 37.4 Å². The number of fused-ring (bicyclic) bond motifs is 2. The standard InChI is InChI=1S/C57H72F2N10O6/c1-33-28-47(36-20-22-41-43(29-36)64-51(62-41)45-18-12-26-67(45)53(70)49(74-55(60)72)34-14-6-3-7-15-34)69(38-31-39(58)48(40(59)32-38)66-24-10-5-11-25-66)57(33,2)37-21-23-42-44(30-37)65-52(63-42)46-19-13-27-68(46)54(71)50(75-56(61)73)35-16-8-4-9-17-35/h20-23,29-35,45-47,49-50H,3-19,24-28H2,1-2H3,(H2,60,72)(H2,61,73)(H,62,64)(H,63,65)/t33?,45?,46?,47?,49-,50-,57+/m0/s1. The first-order valence-corrected chi connectivity index (χ1v) is 27.8. The van der Waals surface area contributed by atoms with Gasteiger partial charge in [0.05, 0.1) is 45.7 Å². The maximum Gasteiger partial charge on any atom is 0.405 e. The lowest BCUT2D eigenvalue weighted by molar-refractivity contribution is -0.145. The molecule has 4 amide bonds. The van der Waals surface area contributed by atoms with Gasteiger partial charge in [-0.05, 0) is 137 Å². The van der Waals surface area contributed by atoms with E-state index in [1.807, 2.05) is 23.1 Å². The molecule has 0 bridgehead atoms. The Morgan fingerprint density at radius 2 is 1.12 bits per heavy atom. The molecule has 0 radical (unpaired) electrons. The summed E-state index contributed by atoms with van der Waals surface area (Å²) in [5.74, 6) is -0.581. The summed E-state index contributed by atoms with van der Waals surface area (Å²) >= 11 is 0. The van der Waals surface area contributed by atoms with Crippen LogP contribution in [0.15, 0.2) is 48.5 Å². The van der Waals surface area contributed by atoms with Crippen LogP contribution in [-0.2, 0) is 24.6 Å². The van der Waals surface area contributed by atoms with Crippen LogP contribution in [0.5, 0.6) is 0 Å². The maximum absolute atomic E-state index is 16.7. The number of H-pyrrole nitrogens is 2. The molecule has 400 valence electrons. The minimum Gasteiger partial charge on any atom is -0.436 e. The fourth-order valence-electron chi connectivity index (χ4n) is 14.2. The zero-order chi connectivity index (χ0) is 52.1. The largest absolute Gasteiger partial charge is 0.436 e. The van der Waals surface area contributed by atoms with Crippen molar-refractivity contribution in [2.45, 2.75) is 165 Å². The molecule has 2 aromatic heterocycles. The molecule has 16 nitrogen and oxygen atoms in total. The Labute approximate surface area is 436 Å². The molecule has 6 N–H and O–H groups in total. The number of aromatic amines is 2. The minimum atomic E-state index is -0.949. The minimum absolute atomic E-state index is 0.0122.